The minimum absolute atomic E-state index is 0.0995. The van der Waals surface area contributed by atoms with E-state index in [0.717, 1.165) is 22.9 Å². The molecule has 3 aromatic rings. The number of cyclic esters (lactones) is 1. The molecule has 0 radical (unpaired) electrons. The second-order valence-electron chi connectivity index (χ2n) is 8.74. The number of aromatic nitrogens is 2. The molecule has 4 rings (SSSR count). The first-order valence-corrected chi connectivity index (χ1v) is 11.9. The van der Waals surface area contributed by atoms with Gasteiger partial charge in [-0.05, 0) is 35.9 Å². The van der Waals surface area contributed by atoms with Crippen molar-refractivity contribution in [1.29, 1.82) is 0 Å². The van der Waals surface area contributed by atoms with Gasteiger partial charge in [0.25, 0.3) is 5.56 Å². The van der Waals surface area contributed by atoms with Gasteiger partial charge in [0.05, 0.1) is 35.9 Å². The van der Waals surface area contributed by atoms with E-state index in [9.17, 15) is 42.3 Å². The predicted octanol–water partition coefficient (Wildman–Crippen LogP) is 2.88. The van der Waals surface area contributed by atoms with Crippen LogP contribution in [0.5, 0.6) is 0 Å². The number of hydrogen-bond donors (Lipinski definition) is 2. The summed E-state index contributed by atoms with van der Waals surface area (Å²) < 4.78 is 46.4. The van der Waals surface area contributed by atoms with E-state index in [1.807, 2.05) is 0 Å². The van der Waals surface area contributed by atoms with Crippen LogP contribution in [-0.2, 0) is 22.3 Å². The number of carboxylic acids is 1. The number of nitrogens with zero attached hydrogens (tertiary/aromatic N) is 3. The lowest BCUT2D eigenvalue weighted by molar-refractivity contribution is -0.137. The van der Waals surface area contributed by atoms with Crippen molar-refractivity contribution in [3.63, 3.8) is 0 Å². The average Bonchev–Trinajstić information content (AvgIpc) is 3.26. The van der Waals surface area contributed by atoms with Gasteiger partial charge in [-0.15, -0.1) is 0 Å². The first kappa shape index (κ1) is 28.4. The fraction of sp³-hybridized carbons (Fsp3) is 0.240. The number of alkyl halides is 3. The molecule has 11 nitrogen and oxygen atoms in total. The fourth-order valence-electron chi connectivity index (χ4n) is 4.05. The van der Waals surface area contributed by atoms with Gasteiger partial charge in [0.2, 0.25) is 5.91 Å². The third-order valence-electron chi connectivity index (χ3n) is 6.01. The van der Waals surface area contributed by atoms with Crippen molar-refractivity contribution >= 4 is 35.3 Å². The summed E-state index contributed by atoms with van der Waals surface area (Å²) in [6, 6.07) is 8.63. The van der Waals surface area contributed by atoms with E-state index in [1.165, 1.54) is 42.2 Å². The minimum Gasteiger partial charge on any atom is -0.477 e. The molecule has 1 unspecified atom stereocenters. The van der Waals surface area contributed by atoms with Gasteiger partial charge < -0.3 is 15.2 Å². The van der Waals surface area contributed by atoms with E-state index in [4.69, 9.17) is 16.3 Å². The molecular formula is C25H20ClF3N4O7. The quantitative estimate of drug-likeness (QED) is 0.438. The average molecular weight is 581 g/mol. The van der Waals surface area contributed by atoms with Crippen molar-refractivity contribution in [3.8, 4) is 5.69 Å². The Bertz CT molecular complexity index is 1620. The lowest BCUT2D eigenvalue weighted by Crippen LogP contribution is -2.42. The van der Waals surface area contributed by atoms with Gasteiger partial charge in [-0.25, -0.2) is 14.4 Å². The maximum absolute atomic E-state index is 13.3. The number of hydrogen-bond acceptors (Lipinski definition) is 6. The Hall–Kier alpha value is -4.59. The first-order chi connectivity index (χ1) is 18.8. The molecule has 2 N–H and O–H groups in total. The van der Waals surface area contributed by atoms with E-state index in [-0.39, 0.29) is 30.2 Å². The maximum Gasteiger partial charge on any atom is 0.417 e. The molecule has 0 bridgehead atoms. The molecule has 40 heavy (non-hydrogen) atoms. The zero-order valence-corrected chi connectivity index (χ0v) is 21.3. The SMILES string of the molecule is CC(=O)NCC1CN(c2ccc(-n3cc(C(=O)O)c(=O)n(Cc4cccc(C(F)(F)F)c4Cl)c3=O)cc2)C(=O)O1. The molecule has 0 spiro atoms. The molecule has 1 atom stereocenters. The van der Waals surface area contributed by atoms with Crippen LogP contribution in [0.15, 0.2) is 58.3 Å². The Morgan fingerprint density at radius 3 is 2.35 bits per heavy atom. The second kappa shape index (κ2) is 10.9. The summed E-state index contributed by atoms with van der Waals surface area (Å²) in [7, 11) is 0. The zero-order chi connectivity index (χ0) is 29.4. The summed E-state index contributed by atoms with van der Waals surface area (Å²) >= 11 is 5.92. The molecule has 1 fully saturated rings. The normalized spacial score (nSPS) is 15.2. The van der Waals surface area contributed by atoms with E-state index >= 15 is 0 Å². The summed E-state index contributed by atoms with van der Waals surface area (Å²) in [6.07, 6.45) is -5.25. The lowest BCUT2D eigenvalue weighted by Gasteiger charge is -2.16. The van der Waals surface area contributed by atoms with Crippen LogP contribution in [0.4, 0.5) is 23.7 Å². The molecule has 1 aliphatic heterocycles. The lowest BCUT2D eigenvalue weighted by atomic mass is 10.1. The van der Waals surface area contributed by atoms with Crippen molar-refractivity contribution < 1.29 is 37.4 Å². The van der Waals surface area contributed by atoms with Crippen molar-refractivity contribution in [2.24, 2.45) is 0 Å². The van der Waals surface area contributed by atoms with Gasteiger partial charge in [0, 0.05) is 18.8 Å². The predicted molar refractivity (Wildman–Crippen MR) is 135 cm³/mol. The van der Waals surface area contributed by atoms with Crippen LogP contribution in [0.2, 0.25) is 5.02 Å². The minimum atomic E-state index is -4.80. The van der Waals surface area contributed by atoms with Gasteiger partial charge in [-0.1, -0.05) is 23.7 Å². The Kier molecular flexibility index (Phi) is 7.73. The number of benzene rings is 2. The molecule has 0 saturated carbocycles. The van der Waals surface area contributed by atoms with Crippen molar-refractivity contribution in [3.05, 3.63) is 91.2 Å². The molecule has 210 valence electrons. The molecule has 1 aliphatic rings. The topological polar surface area (TPSA) is 140 Å². The van der Waals surface area contributed by atoms with E-state index in [2.05, 4.69) is 5.32 Å². The summed E-state index contributed by atoms with van der Waals surface area (Å²) in [5, 5.41) is 11.4. The Morgan fingerprint density at radius 1 is 1.10 bits per heavy atom. The van der Waals surface area contributed by atoms with Crippen LogP contribution in [0.1, 0.15) is 28.4 Å². The smallest absolute Gasteiger partial charge is 0.417 e. The van der Waals surface area contributed by atoms with E-state index in [1.54, 1.807) is 0 Å². The highest BCUT2D eigenvalue weighted by molar-refractivity contribution is 6.32. The number of halogens is 4. The Balaban J connectivity index is 1.70. The molecular weight excluding hydrogens is 561 g/mol. The molecule has 2 amide bonds. The van der Waals surface area contributed by atoms with Crippen LogP contribution in [0.3, 0.4) is 0 Å². The van der Waals surface area contributed by atoms with Crippen LogP contribution >= 0.6 is 11.6 Å². The van der Waals surface area contributed by atoms with Crippen LogP contribution in [0, 0.1) is 0 Å². The van der Waals surface area contributed by atoms with Gasteiger partial charge >= 0.3 is 23.9 Å². The van der Waals surface area contributed by atoms with Crippen molar-refractivity contribution in [1.82, 2.24) is 14.5 Å². The third kappa shape index (κ3) is 5.71. The fourth-order valence-corrected chi connectivity index (χ4v) is 4.35. The second-order valence-corrected chi connectivity index (χ2v) is 9.12. The third-order valence-corrected chi connectivity index (χ3v) is 6.45. The number of nitrogens with one attached hydrogen (secondary N) is 1. The highest BCUT2D eigenvalue weighted by Gasteiger charge is 2.34. The standard InChI is InChI=1S/C25H20ClF3N4O7/c1-13(34)30-9-17-11-32(24(39)40-17)16-7-5-15(6-8-16)31-12-18(22(36)37)21(35)33(23(31)38)10-14-3-2-4-19(20(14)26)25(27,28)29/h2-8,12,17H,9-11H2,1H3,(H,30,34)(H,36,37). The van der Waals surface area contributed by atoms with Gasteiger partial charge in [-0.2, -0.15) is 13.2 Å². The number of carbonyl (C=O) groups excluding carboxylic acids is 2. The summed E-state index contributed by atoms with van der Waals surface area (Å²) in [6.45, 7) is 0.835. The highest BCUT2D eigenvalue weighted by Crippen LogP contribution is 2.36. The number of carboxylic acid groups (broad SMARTS) is 1. The summed E-state index contributed by atoms with van der Waals surface area (Å²) in [4.78, 5) is 62.6. The monoisotopic (exact) mass is 580 g/mol. The molecule has 2 heterocycles. The number of anilines is 1. The summed E-state index contributed by atoms with van der Waals surface area (Å²) in [5.41, 5.74) is -4.00. The van der Waals surface area contributed by atoms with Crippen LogP contribution < -0.4 is 21.5 Å². The Morgan fingerprint density at radius 2 is 1.75 bits per heavy atom. The first-order valence-electron chi connectivity index (χ1n) is 11.5. The number of ether oxygens (including phenoxy) is 1. The van der Waals surface area contributed by atoms with Gasteiger partial charge in [0.15, 0.2) is 0 Å². The number of rotatable bonds is 7. The largest absolute Gasteiger partial charge is 0.477 e. The maximum atomic E-state index is 13.3. The number of carbonyl (C=O) groups is 3. The number of amides is 2. The van der Waals surface area contributed by atoms with E-state index in [0.29, 0.717) is 10.3 Å². The van der Waals surface area contributed by atoms with Gasteiger partial charge in [0.1, 0.15) is 11.7 Å². The van der Waals surface area contributed by atoms with E-state index < -0.39 is 58.3 Å². The Labute approximate surface area is 228 Å². The molecule has 1 aromatic heterocycles. The van der Waals surface area contributed by atoms with Gasteiger partial charge in [-0.3, -0.25) is 23.6 Å². The molecule has 0 aliphatic carbocycles. The van der Waals surface area contributed by atoms with Crippen molar-refractivity contribution in [2.45, 2.75) is 25.7 Å². The van der Waals surface area contributed by atoms with Crippen molar-refractivity contribution in [2.75, 3.05) is 18.0 Å². The highest BCUT2D eigenvalue weighted by atomic mass is 35.5. The summed E-state index contributed by atoms with van der Waals surface area (Å²) in [5.74, 6) is -1.95. The zero-order valence-electron chi connectivity index (χ0n) is 20.6. The molecule has 1 saturated heterocycles. The molecule has 2 aromatic carbocycles. The van der Waals surface area contributed by atoms with Crippen LogP contribution in [0.25, 0.3) is 5.69 Å². The van der Waals surface area contributed by atoms with Crippen LogP contribution in [-0.4, -0.2) is 51.4 Å². The molecule has 15 heteroatoms. The number of aromatic carboxylic acids is 1.